The van der Waals surface area contributed by atoms with Gasteiger partial charge in [0.1, 0.15) is 27.3 Å². The van der Waals surface area contributed by atoms with E-state index >= 15 is 0 Å². The fraction of sp³-hybridized carbons (Fsp3) is 0.0370. The average Bonchev–Trinajstić information content (AvgIpc) is 3.26. The van der Waals surface area contributed by atoms with Crippen LogP contribution in [0.25, 0.3) is 10.2 Å². The van der Waals surface area contributed by atoms with Gasteiger partial charge in [-0.2, -0.15) is 0 Å². The van der Waals surface area contributed by atoms with Gasteiger partial charge >= 0.3 is 0 Å². The number of hydrogen-bond donors (Lipinski definition) is 3. The summed E-state index contributed by atoms with van der Waals surface area (Å²) in [6.07, 6.45) is 1.30. The van der Waals surface area contributed by atoms with Crippen molar-refractivity contribution in [1.29, 1.82) is 0 Å². The van der Waals surface area contributed by atoms with Crippen molar-refractivity contribution in [3.05, 3.63) is 113 Å². The largest absolute Gasteiger partial charge is 0.346 e. The number of benzene rings is 3. The molecule has 0 bridgehead atoms. The lowest BCUT2D eigenvalue weighted by atomic mass is 10.2. The highest BCUT2D eigenvalue weighted by Gasteiger charge is 2.23. The van der Waals surface area contributed by atoms with Crippen LogP contribution >= 0.6 is 11.3 Å². The molecule has 0 spiro atoms. The van der Waals surface area contributed by atoms with Crippen molar-refractivity contribution in [3.8, 4) is 0 Å². The van der Waals surface area contributed by atoms with Crippen LogP contribution in [0.1, 0.15) is 10.4 Å². The minimum atomic E-state index is -0.400. The Bertz CT molecular complexity index is 1580. The predicted octanol–water partition coefficient (Wildman–Crippen LogP) is 5.09. The van der Waals surface area contributed by atoms with E-state index in [2.05, 4.69) is 20.9 Å². The van der Waals surface area contributed by atoms with E-state index in [-0.39, 0.29) is 28.2 Å². The molecule has 0 aliphatic heterocycles. The SMILES string of the molecule is O=C(Cn1cnc2c(C(=O)Nc3ccccc3)c(Nc3ccccc3)sc2c1=O)Nc1ccccc1. The van der Waals surface area contributed by atoms with Gasteiger partial charge in [-0.3, -0.25) is 19.0 Å². The molecule has 0 aliphatic rings. The predicted molar refractivity (Wildman–Crippen MR) is 143 cm³/mol. The molecule has 0 aliphatic carbocycles. The summed E-state index contributed by atoms with van der Waals surface area (Å²) in [6.45, 7) is -0.207. The molecule has 2 heterocycles. The first kappa shape index (κ1) is 23.0. The third kappa shape index (κ3) is 5.01. The summed E-state index contributed by atoms with van der Waals surface area (Å²) in [6, 6.07) is 27.4. The number of carbonyl (C=O) groups excluding carboxylic acids is 2. The van der Waals surface area contributed by atoms with Gasteiger partial charge in [-0.1, -0.05) is 54.6 Å². The standard InChI is InChI=1S/C27H21N5O3S/c33-21(29-18-10-4-1-5-11-18)16-32-17-28-23-22(25(34)30-19-12-6-2-7-13-19)26(36-24(23)27(32)35)31-20-14-8-3-9-15-20/h1-15,17,31H,16H2,(H,29,33)(H,30,34). The first-order valence-corrected chi connectivity index (χ1v) is 12.0. The Morgan fingerprint density at radius 1 is 0.778 bits per heavy atom. The molecule has 5 aromatic rings. The Hall–Kier alpha value is -4.76. The topological polar surface area (TPSA) is 105 Å². The maximum Gasteiger partial charge on any atom is 0.271 e. The van der Waals surface area contributed by atoms with E-state index in [1.807, 2.05) is 66.7 Å². The van der Waals surface area contributed by atoms with Crippen LogP contribution in [-0.4, -0.2) is 21.4 Å². The third-order valence-corrected chi connectivity index (χ3v) is 6.41. The second-order valence-electron chi connectivity index (χ2n) is 7.89. The van der Waals surface area contributed by atoms with E-state index in [1.54, 1.807) is 24.3 Å². The number of amides is 2. The van der Waals surface area contributed by atoms with Crippen LogP contribution in [0.5, 0.6) is 0 Å². The van der Waals surface area contributed by atoms with Crippen molar-refractivity contribution < 1.29 is 9.59 Å². The quantitative estimate of drug-likeness (QED) is 0.292. The number of anilines is 4. The highest BCUT2D eigenvalue weighted by molar-refractivity contribution is 7.23. The van der Waals surface area contributed by atoms with Gasteiger partial charge < -0.3 is 16.0 Å². The van der Waals surface area contributed by atoms with Crippen LogP contribution in [0.2, 0.25) is 0 Å². The van der Waals surface area contributed by atoms with Gasteiger partial charge in [0.05, 0.1) is 6.33 Å². The molecule has 0 unspecified atom stereocenters. The zero-order valence-corrected chi connectivity index (χ0v) is 19.8. The molecule has 5 rings (SSSR count). The smallest absolute Gasteiger partial charge is 0.271 e. The van der Waals surface area contributed by atoms with Gasteiger partial charge in [-0.15, -0.1) is 11.3 Å². The van der Waals surface area contributed by atoms with Crippen LogP contribution in [0, 0.1) is 0 Å². The molecule has 0 radical (unpaired) electrons. The number of aromatic nitrogens is 2. The zero-order chi connectivity index (χ0) is 24.9. The number of nitrogens with zero attached hydrogens (tertiary/aromatic N) is 2. The lowest BCUT2D eigenvalue weighted by Crippen LogP contribution is -2.27. The molecule has 2 amide bonds. The van der Waals surface area contributed by atoms with E-state index in [4.69, 9.17) is 0 Å². The van der Waals surface area contributed by atoms with Crippen molar-refractivity contribution in [1.82, 2.24) is 9.55 Å². The molecule has 2 aromatic heterocycles. The second kappa shape index (κ2) is 10.2. The molecule has 3 aromatic carbocycles. The molecule has 0 atom stereocenters. The molecule has 0 fully saturated rings. The summed E-state index contributed by atoms with van der Waals surface area (Å²) in [4.78, 5) is 43.6. The van der Waals surface area contributed by atoms with Crippen molar-refractivity contribution in [2.75, 3.05) is 16.0 Å². The maximum absolute atomic E-state index is 13.3. The van der Waals surface area contributed by atoms with Crippen LogP contribution in [0.4, 0.5) is 22.1 Å². The van der Waals surface area contributed by atoms with Crippen LogP contribution < -0.4 is 21.5 Å². The summed E-state index contributed by atoms with van der Waals surface area (Å²) >= 11 is 1.13. The van der Waals surface area contributed by atoms with Gasteiger partial charge in [0, 0.05) is 17.1 Å². The first-order chi connectivity index (χ1) is 17.6. The molecule has 36 heavy (non-hydrogen) atoms. The van der Waals surface area contributed by atoms with E-state index in [9.17, 15) is 14.4 Å². The normalized spacial score (nSPS) is 10.7. The van der Waals surface area contributed by atoms with Gasteiger partial charge in [0.25, 0.3) is 11.5 Å². The number of nitrogens with one attached hydrogen (secondary N) is 3. The van der Waals surface area contributed by atoms with Crippen molar-refractivity contribution in [3.63, 3.8) is 0 Å². The monoisotopic (exact) mass is 495 g/mol. The Morgan fingerprint density at radius 2 is 1.33 bits per heavy atom. The van der Waals surface area contributed by atoms with Gasteiger partial charge in [-0.25, -0.2) is 4.98 Å². The summed E-state index contributed by atoms with van der Waals surface area (Å²) in [5.41, 5.74) is 2.16. The molecular formula is C27H21N5O3S. The number of para-hydroxylation sites is 3. The number of carbonyl (C=O) groups is 2. The van der Waals surface area contributed by atoms with Crippen LogP contribution in [0.15, 0.2) is 102 Å². The highest BCUT2D eigenvalue weighted by atomic mass is 32.1. The number of rotatable bonds is 7. The second-order valence-corrected chi connectivity index (χ2v) is 8.91. The van der Waals surface area contributed by atoms with Gasteiger partial charge in [0.2, 0.25) is 5.91 Å². The van der Waals surface area contributed by atoms with E-state index < -0.39 is 11.5 Å². The number of hydrogen-bond acceptors (Lipinski definition) is 6. The lowest BCUT2D eigenvalue weighted by Gasteiger charge is -2.09. The molecule has 0 saturated carbocycles. The molecule has 178 valence electrons. The third-order valence-electron chi connectivity index (χ3n) is 5.33. The van der Waals surface area contributed by atoms with E-state index in [1.165, 1.54) is 10.9 Å². The first-order valence-electron chi connectivity index (χ1n) is 11.1. The van der Waals surface area contributed by atoms with Crippen molar-refractivity contribution in [2.45, 2.75) is 6.54 Å². The fourth-order valence-electron chi connectivity index (χ4n) is 3.66. The Morgan fingerprint density at radius 3 is 1.94 bits per heavy atom. The lowest BCUT2D eigenvalue weighted by molar-refractivity contribution is -0.116. The highest BCUT2D eigenvalue weighted by Crippen LogP contribution is 2.35. The Labute approximate surface area is 210 Å². The van der Waals surface area contributed by atoms with Crippen molar-refractivity contribution in [2.24, 2.45) is 0 Å². The zero-order valence-electron chi connectivity index (χ0n) is 19.0. The average molecular weight is 496 g/mol. The molecule has 3 N–H and O–H groups in total. The molecule has 0 saturated heterocycles. The van der Waals surface area contributed by atoms with Crippen molar-refractivity contribution >= 4 is 55.4 Å². The molecule has 8 nitrogen and oxygen atoms in total. The minimum absolute atomic E-state index is 0.207. The summed E-state index contributed by atoms with van der Waals surface area (Å²) in [5.74, 6) is -0.747. The summed E-state index contributed by atoms with van der Waals surface area (Å²) in [5, 5.41) is 9.36. The molecule has 9 heteroatoms. The number of thiophene rings is 1. The van der Waals surface area contributed by atoms with Crippen LogP contribution in [0.3, 0.4) is 0 Å². The Balaban J connectivity index is 1.50. The van der Waals surface area contributed by atoms with E-state index in [0.29, 0.717) is 16.4 Å². The minimum Gasteiger partial charge on any atom is -0.346 e. The molecular weight excluding hydrogens is 474 g/mol. The van der Waals surface area contributed by atoms with E-state index in [0.717, 1.165) is 17.0 Å². The van der Waals surface area contributed by atoms with Crippen LogP contribution in [-0.2, 0) is 11.3 Å². The number of fused-ring (bicyclic) bond motifs is 1. The summed E-state index contributed by atoms with van der Waals surface area (Å²) < 4.78 is 1.52. The maximum atomic E-state index is 13.3. The fourth-order valence-corrected chi connectivity index (χ4v) is 4.78. The summed E-state index contributed by atoms with van der Waals surface area (Å²) in [7, 11) is 0. The van der Waals surface area contributed by atoms with Gasteiger partial charge in [0.15, 0.2) is 0 Å². The van der Waals surface area contributed by atoms with Gasteiger partial charge in [-0.05, 0) is 36.4 Å². The Kier molecular flexibility index (Phi) is 6.55.